The number of likely N-dealkylation sites (tertiary alicyclic amines) is 3. The van der Waals surface area contributed by atoms with Crippen LogP contribution in [0.25, 0.3) is 21.9 Å². The lowest BCUT2D eigenvalue weighted by atomic mass is 10.00. The zero-order valence-electron chi connectivity index (χ0n) is 27.4. The van der Waals surface area contributed by atoms with Gasteiger partial charge in [0, 0.05) is 54.5 Å². The van der Waals surface area contributed by atoms with Crippen LogP contribution in [0.5, 0.6) is 0 Å². The van der Waals surface area contributed by atoms with Crippen molar-refractivity contribution in [2.75, 3.05) is 45.0 Å². The predicted octanol–water partition coefficient (Wildman–Crippen LogP) is 5.71. The largest absolute Gasteiger partial charge is 0.436 e. The van der Waals surface area contributed by atoms with Crippen LogP contribution in [-0.4, -0.2) is 92.6 Å². The number of aromatic amines is 1. The highest BCUT2D eigenvalue weighted by molar-refractivity contribution is 9.10. The number of anilines is 1. The van der Waals surface area contributed by atoms with Gasteiger partial charge in [-0.2, -0.15) is 13.2 Å². The molecular weight excluding hydrogens is 719 g/mol. The van der Waals surface area contributed by atoms with Crippen LogP contribution in [-0.2, 0) is 22.1 Å². The Morgan fingerprint density at radius 3 is 2.34 bits per heavy atom. The summed E-state index contributed by atoms with van der Waals surface area (Å²) in [6.07, 6.45) is -0.536. The molecule has 266 valence electrons. The van der Waals surface area contributed by atoms with Crippen LogP contribution in [0.4, 0.5) is 23.7 Å². The molecule has 5 heterocycles. The third-order valence-corrected chi connectivity index (χ3v) is 11.1. The van der Waals surface area contributed by atoms with Gasteiger partial charge in [-0.3, -0.25) is 14.3 Å². The third-order valence-electron chi connectivity index (χ3n) is 10.4. The van der Waals surface area contributed by atoms with E-state index >= 15 is 0 Å². The number of imidazole rings is 1. The number of carbonyl (C=O) groups excluding carboxylic acids is 2. The molecule has 0 radical (unpaired) electrons. The van der Waals surface area contributed by atoms with E-state index in [1.54, 1.807) is 15.7 Å². The Morgan fingerprint density at radius 2 is 1.64 bits per heavy atom. The molecule has 0 bridgehead atoms. The van der Waals surface area contributed by atoms with E-state index in [4.69, 9.17) is 10.5 Å². The number of carbonyl (C=O) groups is 2. The summed E-state index contributed by atoms with van der Waals surface area (Å²) in [6, 6.07) is 10.1. The number of aromatic nitrogens is 3. The highest BCUT2D eigenvalue weighted by Gasteiger charge is 2.38. The van der Waals surface area contributed by atoms with Gasteiger partial charge in [0.15, 0.2) is 6.10 Å². The van der Waals surface area contributed by atoms with Crippen LogP contribution in [0.1, 0.15) is 55.7 Å². The molecule has 3 N–H and O–H groups in total. The van der Waals surface area contributed by atoms with Gasteiger partial charge in [0.2, 0.25) is 0 Å². The molecule has 0 spiro atoms. The molecule has 0 saturated carbocycles. The van der Waals surface area contributed by atoms with Crippen molar-refractivity contribution in [2.45, 2.75) is 69.3 Å². The third kappa shape index (κ3) is 6.81. The molecule has 15 heteroatoms. The second-order valence-corrected chi connectivity index (χ2v) is 14.3. The van der Waals surface area contributed by atoms with Crippen molar-refractivity contribution in [3.05, 3.63) is 68.7 Å². The number of nitrogens with two attached hydrogens (primary N) is 1. The van der Waals surface area contributed by atoms with E-state index in [1.165, 1.54) is 23.8 Å². The molecule has 2 aromatic carbocycles. The van der Waals surface area contributed by atoms with Gasteiger partial charge in [-0.05, 0) is 91.3 Å². The molecule has 11 nitrogen and oxygen atoms in total. The highest BCUT2D eigenvalue weighted by atomic mass is 79.9. The van der Waals surface area contributed by atoms with E-state index in [0.29, 0.717) is 43.0 Å². The first kappa shape index (κ1) is 34.3. The van der Waals surface area contributed by atoms with Crippen LogP contribution >= 0.6 is 15.9 Å². The topological polar surface area (TPSA) is 130 Å². The minimum atomic E-state index is -4.71. The smallest absolute Gasteiger partial charge is 0.418 e. The van der Waals surface area contributed by atoms with Gasteiger partial charge in [0.1, 0.15) is 0 Å². The van der Waals surface area contributed by atoms with Crippen molar-refractivity contribution in [2.24, 2.45) is 0 Å². The van der Waals surface area contributed by atoms with Crippen molar-refractivity contribution in [3.63, 3.8) is 0 Å². The number of nitrogens with one attached hydrogen (secondary N) is 1. The van der Waals surface area contributed by atoms with Gasteiger partial charge in [0.05, 0.1) is 34.0 Å². The number of rotatable bonds is 6. The zero-order chi connectivity index (χ0) is 35.2. The number of benzene rings is 2. The van der Waals surface area contributed by atoms with Gasteiger partial charge >= 0.3 is 18.0 Å². The summed E-state index contributed by atoms with van der Waals surface area (Å²) >= 11 is 3.13. The standard InChI is InChI=1S/C35H39BrF3N7O4/c36-26-18-21(17-25(30(26)40)35(37,38)39)19-29(32(47)44-13-7-22(8-14-44)43-11-3-4-12-43)50-34(49)45-15-9-23(10-16-45)46-28-20-41-27-6-2-1-5-24(27)31(28)42-33(46)48/h1-2,5-6,17-18,20,22-23,29H,3-4,7-16,19,40H2,(H,42,48). The number of halogens is 4. The number of hydrogen-bond acceptors (Lipinski definition) is 7. The fraction of sp³-hybridized carbons (Fsp3) is 0.486. The van der Waals surface area contributed by atoms with Crippen LogP contribution in [0, 0.1) is 0 Å². The van der Waals surface area contributed by atoms with Gasteiger partial charge in [-0.15, -0.1) is 0 Å². The van der Waals surface area contributed by atoms with E-state index in [2.05, 4.69) is 30.8 Å². The molecule has 1 atom stereocenters. The molecule has 3 fully saturated rings. The Balaban J connectivity index is 1.07. The van der Waals surface area contributed by atoms with Crippen LogP contribution in [0.15, 0.2) is 51.9 Å². The minimum absolute atomic E-state index is 0.0454. The fourth-order valence-corrected chi connectivity index (χ4v) is 8.28. The first-order valence-electron chi connectivity index (χ1n) is 17.1. The first-order valence-corrected chi connectivity index (χ1v) is 17.9. The molecule has 50 heavy (non-hydrogen) atoms. The van der Waals surface area contributed by atoms with Crippen LogP contribution in [0.3, 0.4) is 0 Å². The molecule has 7 rings (SSSR count). The Morgan fingerprint density at radius 1 is 0.980 bits per heavy atom. The second kappa shape index (κ2) is 13.9. The Hall–Kier alpha value is -4.11. The van der Waals surface area contributed by atoms with E-state index in [9.17, 15) is 27.6 Å². The molecule has 2 aromatic heterocycles. The fourth-order valence-electron chi connectivity index (χ4n) is 7.77. The maximum absolute atomic E-state index is 14.0. The lowest BCUT2D eigenvalue weighted by Gasteiger charge is -2.38. The monoisotopic (exact) mass is 757 g/mol. The van der Waals surface area contributed by atoms with Crippen molar-refractivity contribution < 1.29 is 27.5 Å². The van der Waals surface area contributed by atoms with Gasteiger partial charge in [0.25, 0.3) is 5.91 Å². The Bertz CT molecular complexity index is 1960. The average molecular weight is 759 g/mol. The maximum Gasteiger partial charge on any atom is 0.418 e. The lowest BCUT2D eigenvalue weighted by Crippen LogP contribution is -2.51. The van der Waals surface area contributed by atoms with E-state index < -0.39 is 35.5 Å². The van der Waals surface area contributed by atoms with E-state index in [0.717, 1.165) is 42.9 Å². The SMILES string of the molecule is Nc1c(Br)cc(CC(OC(=O)N2CCC(n3c(=O)[nH]c4c5ccccc5ncc43)CC2)C(=O)N2CCC(N3CCCC3)CC2)cc1C(F)(F)F. The number of fused-ring (bicyclic) bond motifs is 3. The van der Waals surface area contributed by atoms with E-state index in [1.807, 2.05) is 24.3 Å². The van der Waals surface area contributed by atoms with Crippen LogP contribution < -0.4 is 11.4 Å². The summed E-state index contributed by atoms with van der Waals surface area (Å²) in [5.74, 6) is -0.431. The van der Waals surface area contributed by atoms with Crippen molar-refractivity contribution in [1.29, 1.82) is 0 Å². The number of para-hydroxylation sites is 1. The van der Waals surface area contributed by atoms with Gasteiger partial charge < -0.3 is 30.2 Å². The number of nitrogen functional groups attached to an aromatic ring is 1. The number of H-pyrrole nitrogens is 1. The number of piperidine rings is 2. The summed E-state index contributed by atoms with van der Waals surface area (Å²) in [4.78, 5) is 53.8. The number of alkyl halides is 3. The highest BCUT2D eigenvalue weighted by Crippen LogP contribution is 2.38. The normalized spacial score (nSPS) is 19.0. The molecule has 3 aliphatic rings. The van der Waals surface area contributed by atoms with E-state index in [-0.39, 0.29) is 41.3 Å². The number of pyridine rings is 1. The average Bonchev–Trinajstić information content (AvgIpc) is 3.77. The quantitative estimate of drug-likeness (QED) is 0.241. The summed E-state index contributed by atoms with van der Waals surface area (Å²) in [7, 11) is 0. The number of nitrogens with zero attached hydrogens (tertiary/aromatic N) is 5. The lowest BCUT2D eigenvalue weighted by molar-refractivity contribution is -0.142. The molecule has 4 aromatic rings. The summed E-state index contributed by atoms with van der Waals surface area (Å²) in [6.45, 7) is 3.57. The van der Waals surface area contributed by atoms with Crippen molar-refractivity contribution in [3.8, 4) is 0 Å². The van der Waals surface area contributed by atoms with Crippen molar-refractivity contribution in [1.82, 2.24) is 29.2 Å². The number of amides is 2. The van der Waals surface area contributed by atoms with Gasteiger partial charge in [-0.25, -0.2) is 9.59 Å². The van der Waals surface area contributed by atoms with Gasteiger partial charge in [-0.1, -0.05) is 18.2 Å². The zero-order valence-corrected chi connectivity index (χ0v) is 29.0. The molecule has 3 saturated heterocycles. The molecule has 2 amide bonds. The minimum Gasteiger partial charge on any atom is -0.436 e. The Kier molecular flexibility index (Phi) is 9.54. The summed E-state index contributed by atoms with van der Waals surface area (Å²) in [5, 5.41) is 0.841. The Labute approximate surface area is 294 Å². The number of ether oxygens (including phenoxy) is 1. The maximum atomic E-state index is 14.0. The summed E-state index contributed by atoms with van der Waals surface area (Å²) in [5.41, 5.74) is 6.32. The molecule has 3 aliphatic heterocycles. The summed E-state index contributed by atoms with van der Waals surface area (Å²) < 4.78 is 49.1. The number of hydrogen-bond donors (Lipinski definition) is 2. The van der Waals surface area contributed by atoms with Crippen LogP contribution in [0.2, 0.25) is 0 Å². The van der Waals surface area contributed by atoms with Crippen molar-refractivity contribution >= 4 is 55.6 Å². The molecule has 1 unspecified atom stereocenters. The molecule has 0 aliphatic carbocycles. The molecular formula is C35H39BrF3N7O4. The first-order chi connectivity index (χ1) is 24.0. The predicted molar refractivity (Wildman–Crippen MR) is 186 cm³/mol. The second-order valence-electron chi connectivity index (χ2n) is 13.5.